The molecule has 1 aliphatic carbocycles. The number of nitrogens with one attached hydrogen (secondary N) is 2. The Hall–Kier alpha value is -1.55. The molecule has 1 saturated carbocycles. The van der Waals surface area contributed by atoms with E-state index in [-0.39, 0.29) is 35.9 Å². The van der Waals surface area contributed by atoms with Crippen LogP contribution in [0.1, 0.15) is 43.2 Å². The van der Waals surface area contributed by atoms with Crippen LogP contribution < -0.4 is 15.4 Å². The van der Waals surface area contributed by atoms with Crippen LogP contribution in [0.2, 0.25) is 0 Å². The molecule has 1 aromatic carbocycles. The number of amides is 1. The van der Waals surface area contributed by atoms with Crippen LogP contribution in [0.25, 0.3) is 0 Å². The van der Waals surface area contributed by atoms with E-state index in [2.05, 4.69) is 45.6 Å². The summed E-state index contributed by atoms with van der Waals surface area (Å²) >= 11 is 0. The summed E-state index contributed by atoms with van der Waals surface area (Å²) in [5.41, 5.74) is 2.36. The lowest BCUT2D eigenvalue weighted by Crippen LogP contribution is -2.44. The minimum atomic E-state index is 0. The van der Waals surface area contributed by atoms with Gasteiger partial charge in [0, 0.05) is 46.3 Å². The average Bonchev–Trinajstić information content (AvgIpc) is 3.47. The Kier molecular flexibility index (Phi) is 11.0. The second-order valence-corrected chi connectivity index (χ2v) is 9.00. The number of nitrogens with zero attached hydrogens (tertiary/aromatic N) is 3. The number of ether oxygens (including phenoxy) is 1. The van der Waals surface area contributed by atoms with Crippen molar-refractivity contribution in [1.82, 2.24) is 20.4 Å². The van der Waals surface area contributed by atoms with Crippen molar-refractivity contribution in [3.8, 4) is 5.75 Å². The van der Waals surface area contributed by atoms with Gasteiger partial charge in [0.15, 0.2) is 5.96 Å². The monoisotopic (exact) mass is 557 g/mol. The van der Waals surface area contributed by atoms with Gasteiger partial charge in [0.05, 0.1) is 12.6 Å². The molecule has 0 bridgehead atoms. The molecular weight excluding hydrogens is 517 g/mol. The lowest BCUT2D eigenvalue weighted by atomic mass is 10.1. The fourth-order valence-corrected chi connectivity index (χ4v) is 3.99. The molecule has 1 atom stereocenters. The normalized spacial score (nSPS) is 18.8. The number of aliphatic imine (C=N–C) groups is 1. The molecule has 180 valence electrons. The maximum Gasteiger partial charge on any atom is 0.239 e. The first-order chi connectivity index (χ1) is 15.0. The molecule has 8 heteroatoms. The average molecular weight is 558 g/mol. The first-order valence-electron chi connectivity index (χ1n) is 11.6. The highest BCUT2D eigenvalue weighted by atomic mass is 127. The molecule has 1 amide bonds. The summed E-state index contributed by atoms with van der Waals surface area (Å²) in [4.78, 5) is 20.7. The summed E-state index contributed by atoms with van der Waals surface area (Å²) < 4.78 is 6.07. The predicted octanol–water partition coefficient (Wildman–Crippen LogP) is 3.01. The first kappa shape index (κ1) is 26.7. The maximum atomic E-state index is 12.3. The van der Waals surface area contributed by atoms with Crippen molar-refractivity contribution in [2.75, 3.05) is 47.4 Å². The largest absolute Gasteiger partial charge is 0.493 e. The van der Waals surface area contributed by atoms with E-state index in [1.54, 1.807) is 11.9 Å². The Balaban J connectivity index is 0.00000363. The summed E-state index contributed by atoms with van der Waals surface area (Å²) in [6, 6.07) is 6.42. The SMILES string of the molecule is CN=C(NCCCN1CCCC1C(=O)N(C)C)NCc1ccc(C)cc1OCC1CC1.I. The summed E-state index contributed by atoms with van der Waals surface area (Å²) in [6.45, 7) is 6.33. The fraction of sp³-hybridized carbons (Fsp3) is 0.667. The molecule has 0 spiro atoms. The highest BCUT2D eigenvalue weighted by molar-refractivity contribution is 14.0. The Morgan fingerprint density at radius 1 is 1.25 bits per heavy atom. The maximum absolute atomic E-state index is 12.3. The van der Waals surface area contributed by atoms with Gasteiger partial charge < -0.3 is 20.3 Å². The van der Waals surface area contributed by atoms with Gasteiger partial charge in [0.2, 0.25) is 5.91 Å². The number of aryl methyl sites for hydroxylation is 1. The molecule has 2 fully saturated rings. The number of halogens is 1. The van der Waals surface area contributed by atoms with Gasteiger partial charge in [0.1, 0.15) is 5.75 Å². The van der Waals surface area contributed by atoms with Crippen molar-refractivity contribution >= 4 is 35.8 Å². The Morgan fingerprint density at radius 2 is 2.03 bits per heavy atom. The van der Waals surface area contributed by atoms with Crippen LogP contribution >= 0.6 is 24.0 Å². The zero-order chi connectivity index (χ0) is 22.2. The fourth-order valence-electron chi connectivity index (χ4n) is 3.99. The molecule has 1 unspecified atom stereocenters. The van der Waals surface area contributed by atoms with Crippen molar-refractivity contribution in [2.45, 2.75) is 51.6 Å². The third-order valence-electron chi connectivity index (χ3n) is 6.07. The molecule has 1 heterocycles. The number of benzene rings is 1. The van der Waals surface area contributed by atoms with Gasteiger partial charge in [-0.05, 0) is 63.1 Å². The first-order valence-corrected chi connectivity index (χ1v) is 11.6. The van der Waals surface area contributed by atoms with Crippen LogP contribution in [-0.2, 0) is 11.3 Å². The highest BCUT2D eigenvalue weighted by Crippen LogP contribution is 2.30. The molecule has 1 aromatic rings. The molecule has 7 nitrogen and oxygen atoms in total. The van der Waals surface area contributed by atoms with Gasteiger partial charge >= 0.3 is 0 Å². The van der Waals surface area contributed by atoms with E-state index in [0.29, 0.717) is 6.54 Å². The summed E-state index contributed by atoms with van der Waals surface area (Å²) in [5.74, 6) is 2.72. The van der Waals surface area contributed by atoms with E-state index in [4.69, 9.17) is 4.74 Å². The van der Waals surface area contributed by atoms with Gasteiger partial charge in [-0.3, -0.25) is 14.7 Å². The number of likely N-dealkylation sites (N-methyl/N-ethyl adjacent to an activating group) is 1. The number of carbonyl (C=O) groups excluding carboxylic acids is 1. The third-order valence-corrected chi connectivity index (χ3v) is 6.07. The van der Waals surface area contributed by atoms with Gasteiger partial charge in [-0.15, -0.1) is 24.0 Å². The standard InChI is InChI=1S/C24H39N5O2.HI/c1-18-8-11-20(22(15-18)31-17-19-9-10-19)16-27-24(25-2)26-12-6-14-29-13-5-7-21(29)23(30)28(3)4;/h8,11,15,19,21H,5-7,9-10,12-14,16-17H2,1-4H3,(H2,25,26,27);1H. The Bertz CT molecular complexity index is 767. The minimum Gasteiger partial charge on any atom is -0.493 e. The second kappa shape index (κ2) is 13.2. The number of hydrogen-bond acceptors (Lipinski definition) is 4. The zero-order valence-electron chi connectivity index (χ0n) is 20.0. The van der Waals surface area contributed by atoms with Crippen LogP contribution in [-0.4, -0.2) is 75.1 Å². The molecule has 1 aliphatic heterocycles. The molecule has 0 aromatic heterocycles. The van der Waals surface area contributed by atoms with Crippen molar-refractivity contribution in [1.29, 1.82) is 0 Å². The summed E-state index contributed by atoms with van der Waals surface area (Å²) in [7, 11) is 5.47. The third kappa shape index (κ3) is 8.10. The van der Waals surface area contributed by atoms with Crippen molar-refractivity contribution < 1.29 is 9.53 Å². The van der Waals surface area contributed by atoms with Gasteiger partial charge in [-0.25, -0.2) is 0 Å². The molecule has 3 rings (SSSR count). The molecule has 2 aliphatic rings. The second-order valence-electron chi connectivity index (χ2n) is 9.00. The van der Waals surface area contributed by atoms with E-state index in [1.165, 1.54) is 18.4 Å². The number of guanidine groups is 1. The predicted molar refractivity (Wildman–Crippen MR) is 141 cm³/mol. The quantitative estimate of drug-likeness (QED) is 0.201. The highest BCUT2D eigenvalue weighted by Gasteiger charge is 2.31. The van der Waals surface area contributed by atoms with Gasteiger partial charge in [0.25, 0.3) is 0 Å². The number of carbonyl (C=O) groups is 1. The molecule has 0 radical (unpaired) electrons. The van der Waals surface area contributed by atoms with Crippen LogP contribution in [0.3, 0.4) is 0 Å². The Morgan fingerprint density at radius 3 is 2.72 bits per heavy atom. The minimum absolute atomic E-state index is 0. The number of likely N-dealkylation sites (tertiary alicyclic amines) is 1. The van der Waals surface area contributed by atoms with Crippen molar-refractivity contribution in [3.63, 3.8) is 0 Å². The van der Waals surface area contributed by atoms with E-state index in [0.717, 1.165) is 68.7 Å². The summed E-state index contributed by atoms with van der Waals surface area (Å²) in [5, 5.41) is 6.80. The topological polar surface area (TPSA) is 69.2 Å². The molecule has 1 saturated heterocycles. The van der Waals surface area contributed by atoms with Crippen LogP contribution in [0.15, 0.2) is 23.2 Å². The smallest absolute Gasteiger partial charge is 0.239 e. The molecule has 2 N–H and O–H groups in total. The van der Waals surface area contributed by atoms with Crippen LogP contribution in [0.4, 0.5) is 0 Å². The van der Waals surface area contributed by atoms with E-state index in [9.17, 15) is 4.79 Å². The lowest BCUT2D eigenvalue weighted by molar-refractivity contribution is -0.133. The van der Waals surface area contributed by atoms with E-state index in [1.807, 2.05) is 14.1 Å². The summed E-state index contributed by atoms with van der Waals surface area (Å²) in [6.07, 6.45) is 5.62. The van der Waals surface area contributed by atoms with Crippen molar-refractivity contribution in [3.05, 3.63) is 29.3 Å². The van der Waals surface area contributed by atoms with E-state index < -0.39 is 0 Å². The van der Waals surface area contributed by atoms with Gasteiger partial charge in [-0.2, -0.15) is 0 Å². The van der Waals surface area contributed by atoms with Gasteiger partial charge in [-0.1, -0.05) is 12.1 Å². The molecule has 32 heavy (non-hydrogen) atoms. The van der Waals surface area contributed by atoms with Crippen molar-refractivity contribution in [2.24, 2.45) is 10.9 Å². The number of rotatable bonds is 10. The number of hydrogen-bond donors (Lipinski definition) is 2. The Labute approximate surface area is 210 Å². The molecular formula is C24H40IN5O2. The van der Waals surface area contributed by atoms with E-state index >= 15 is 0 Å². The lowest BCUT2D eigenvalue weighted by Gasteiger charge is -2.26. The zero-order valence-corrected chi connectivity index (χ0v) is 22.4. The van der Waals surface area contributed by atoms with Crippen LogP contribution in [0.5, 0.6) is 5.75 Å². The van der Waals surface area contributed by atoms with Crippen LogP contribution in [0, 0.1) is 12.8 Å².